The lowest BCUT2D eigenvalue weighted by Crippen LogP contribution is -2.48. The molecule has 124 valence electrons. The fraction of sp³-hybridized carbons (Fsp3) is 0.786. The minimum Gasteiger partial charge on any atom is -0.375 e. The lowest BCUT2D eigenvalue weighted by Gasteiger charge is -2.35. The van der Waals surface area contributed by atoms with E-state index in [1.54, 1.807) is 0 Å². The van der Waals surface area contributed by atoms with Gasteiger partial charge in [-0.25, -0.2) is 0 Å². The summed E-state index contributed by atoms with van der Waals surface area (Å²) in [6.07, 6.45) is 0.285. The van der Waals surface area contributed by atoms with E-state index in [-0.39, 0.29) is 12.0 Å². The molecule has 1 saturated heterocycles. The summed E-state index contributed by atoms with van der Waals surface area (Å²) < 4.78 is 5.71. The van der Waals surface area contributed by atoms with Crippen LogP contribution >= 0.6 is 11.3 Å². The first-order chi connectivity index (χ1) is 10.3. The number of nitrogens with two attached hydrogens (primary N) is 1. The average molecular weight is 327 g/mol. The molecule has 1 aromatic rings. The molecule has 1 fully saturated rings. The minimum absolute atomic E-state index is 0.0469. The number of hydrogen-bond acceptors (Lipinski definition) is 7. The van der Waals surface area contributed by atoms with Crippen molar-refractivity contribution < 1.29 is 9.53 Å². The van der Waals surface area contributed by atoms with Crippen molar-refractivity contribution in [2.45, 2.75) is 51.8 Å². The molecule has 2 heterocycles. The second-order valence-corrected chi connectivity index (χ2v) is 7.41. The van der Waals surface area contributed by atoms with E-state index < -0.39 is 5.54 Å². The molecule has 0 aromatic carbocycles. The van der Waals surface area contributed by atoms with Gasteiger partial charge in [-0.3, -0.25) is 9.69 Å². The number of amides is 1. The normalized spacial score (nSPS) is 20.3. The second-order valence-electron chi connectivity index (χ2n) is 6.40. The molecule has 0 spiro atoms. The number of nitrogen functional groups attached to an aromatic ring is 1. The average Bonchev–Trinajstić information content (AvgIpc) is 2.85. The summed E-state index contributed by atoms with van der Waals surface area (Å²) in [6, 6.07) is 0.468. The molecule has 1 atom stereocenters. The van der Waals surface area contributed by atoms with Crippen molar-refractivity contribution in [3.8, 4) is 0 Å². The topological polar surface area (TPSA) is 93.4 Å². The second kappa shape index (κ2) is 6.89. The number of rotatable bonds is 5. The third kappa shape index (κ3) is 4.37. The Morgan fingerprint density at radius 3 is 2.86 bits per heavy atom. The molecule has 0 saturated carbocycles. The van der Waals surface area contributed by atoms with Crippen LogP contribution < -0.4 is 11.1 Å². The van der Waals surface area contributed by atoms with E-state index in [2.05, 4.69) is 34.3 Å². The van der Waals surface area contributed by atoms with Crippen molar-refractivity contribution in [1.82, 2.24) is 20.4 Å². The Hall–Kier alpha value is -1.25. The molecule has 22 heavy (non-hydrogen) atoms. The third-order valence-electron chi connectivity index (χ3n) is 3.74. The Balaban J connectivity index is 1.89. The van der Waals surface area contributed by atoms with Crippen molar-refractivity contribution in [3.63, 3.8) is 0 Å². The molecule has 1 aromatic heterocycles. The van der Waals surface area contributed by atoms with Crippen LogP contribution in [0.4, 0.5) is 5.13 Å². The van der Waals surface area contributed by atoms with E-state index >= 15 is 0 Å². The number of morpholine rings is 1. The monoisotopic (exact) mass is 327 g/mol. The summed E-state index contributed by atoms with van der Waals surface area (Å²) in [5, 5.41) is 11.9. The van der Waals surface area contributed by atoms with Crippen molar-refractivity contribution in [2.75, 3.05) is 25.4 Å². The Bertz CT molecular complexity index is 517. The summed E-state index contributed by atoms with van der Waals surface area (Å²) >= 11 is 1.29. The fourth-order valence-electron chi connectivity index (χ4n) is 2.48. The van der Waals surface area contributed by atoms with E-state index in [1.807, 2.05) is 13.8 Å². The predicted molar refractivity (Wildman–Crippen MR) is 86.6 cm³/mol. The zero-order valence-electron chi connectivity index (χ0n) is 13.6. The van der Waals surface area contributed by atoms with Crippen LogP contribution in [0.3, 0.4) is 0 Å². The van der Waals surface area contributed by atoms with Gasteiger partial charge < -0.3 is 15.8 Å². The van der Waals surface area contributed by atoms with Gasteiger partial charge in [0.25, 0.3) is 0 Å². The molecule has 1 aliphatic rings. The summed E-state index contributed by atoms with van der Waals surface area (Å²) in [4.78, 5) is 14.6. The molecule has 0 unspecified atom stereocenters. The maximum absolute atomic E-state index is 12.3. The summed E-state index contributed by atoms with van der Waals surface area (Å²) in [5.41, 5.74) is 5.02. The van der Waals surface area contributed by atoms with Crippen LogP contribution in [0.15, 0.2) is 0 Å². The van der Waals surface area contributed by atoms with Gasteiger partial charge in [0, 0.05) is 19.1 Å². The first kappa shape index (κ1) is 17.1. The van der Waals surface area contributed by atoms with Gasteiger partial charge in [-0.15, -0.1) is 10.2 Å². The van der Waals surface area contributed by atoms with Crippen LogP contribution in [-0.4, -0.2) is 52.8 Å². The standard InChI is InChI=1S/C14H25N5O2S/c1-9(2)19-5-6-21-10(8-19)7-11(20)16-14(3,4)12-17-18-13(15)22-12/h9-10H,5-8H2,1-4H3,(H2,15,18)(H,16,20)/t10-/m0/s1. The van der Waals surface area contributed by atoms with Crippen molar-refractivity contribution in [3.05, 3.63) is 5.01 Å². The quantitative estimate of drug-likeness (QED) is 0.837. The van der Waals surface area contributed by atoms with Gasteiger partial charge in [0.1, 0.15) is 5.01 Å². The summed E-state index contributed by atoms with van der Waals surface area (Å²) in [6.45, 7) is 10.5. The lowest BCUT2D eigenvalue weighted by atomic mass is 10.1. The van der Waals surface area contributed by atoms with Gasteiger partial charge in [0.2, 0.25) is 11.0 Å². The maximum Gasteiger partial charge on any atom is 0.223 e. The van der Waals surface area contributed by atoms with Gasteiger partial charge in [0.15, 0.2) is 0 Å². The van der Waals surface area contributed by atoms with Crippen molar-refractivity contribution in [1.29, 1.82) is 0 Å². The number of ether oxygens (including phenoxy) is 1. The highest BCUT2D eigenvalue weighted by Crippen LogP contribution is 2.25. The number of anilines is 1. The number of nitrogens with one attached hydrogen (secondary N) is 1. The van der Waals surface area contributed by atoms with Gasteiger partial charge in [-0.2, -0.15) is 0 Å². The van der Waals surface area contributed by atoms with E-state index in [4.69, 9.17) is 10.5 Å². The largest absolute Gasteiger partial charge is 0.375 e. The van der Waals surface area contributed by atoms with E-state index in [0.717, 1.165) is 13.1 Å². The molecule has 2 rings (SSSR count). The van der Waals surface area contributed by atoms with E-state index in [0.29, 0.717) is 29.2 Å². The molecule has 8 heteroatoms. The van der Waals surface area contributed by atoms with Crippen LogP contribution in [0.5, 0.6) is 0 Å². The van der Waals surface area contributed by atoms with Gasteiger partial charge >= 0.3 is 0 Å². The molecule has 1 aliphatic heterocycles. The molecule has 0 aliphatic carbocycles. The summed E-state index contributed by atoms with van der Waals surface area (Å²) in [7, 11) is 0. The fourth-order valence-corrected chi connectivity index (χ4v) is 3.15. The summed E-state index contributed by atoms with van der Waals surface area (Å²) in [5.74, 6) is -0.0469. The number of aromatic nitrogens is 2. The molecule has 3 N–H and O–H groups in total. The maximum atomic E-state index is 12.3. The van der Waals surface area contributed by atoms with Crippen LogP contribution in [0, 0.1) is 0 Å². The van der Waals surface area contributed by atoms with Crippen molar-refractivity contribution in [2.24, 2.45) is 0 Å². The first-order valence-electron chi connectivity index (χ1n) is 7.54. The first-order valence-corrected chi connectivity index (χ1v) is 8.35. The SMILES string of the molecule is CC(C)N1CCO[C@@H](CC(=O)NC(C)(C)c2nnc(N)s2)C1. The zero-order valence-corrected chi connectivity index (χ0v) is 14.4. The van der Waals surface area contributed by atoms with Crippen LogP contribution in [0.1, 0.15) is 39.1 Å². The lowest BCUT2D eigenvalue weighted by molar-refractivity contribution is -0.128. The molecule has 1 amide bonds. The molecule has 7 nitrogen and oxygen atoms in total. The minimum atomic E-state index is -0.585. The van der Waals surface area contributed by atoms with Crippen molar-refractivity contribution >= 4 is 22.4 Å². The molecular weight excluding hydrogens is 302 g/mol. The highest BCUT2D eigenvalue weighted by molar-refractivity contribution is 7.15. The Morgan fingerprint density at radius 2 is 2.27 bits per heavy atom. The van der Waals surface area contributed by atoms with Gasteiger partial charge in [-0.1, -0.05) is 11.3 Å². The number of hydrogen-bond donors (Lipinski definition) is 2. The predicted octanol–water partition coefficient (Wildman–Crippen LogP) is 0.971. The van der Waals surface area contributed by atoms with Crippen LogP contribution in [-0.2, 0) is 15.1 Å². The van der Waals surface area contributed by atoms with E-state index in [1.165, 1.54) is 11.3 Å². The smallest absolute Gasteiger partial charge is 0.223 e. The van der Waals surface area contributed by atoms with E-state index in [9.17, 15) is 4.79 Å². The number of nitrogens with zero attached hydrogens (tertiary/aromatic N) is 3. The third-order valence-corrected chi connectivity index (χ3v) is 4.82. The number of carbonyl (C=O) groups is 1. The highest BCUT2D eigenvalue weighted by Gasteiger charge is 2.30. The zero-order chi connectivity index (χ0) is 16.3. The van der Waals surface area contributed by atoms with Gasteiger partial charge in [-0.05, 0) is 27.7 Å². The molecular formula is C14H25N5O2S. The Kier molecular flexibility index (Phi) is 5.36. The molecule has 0 radical (unpaired) electrons. The Labute approximate surface area is 135 Å². The highest BCUT2D eigenvalue weighted by atomic mass is 32.1. The van der Waals surface area contributed by atoms with Crippen LogP contribution in [0.25, 0.3) is 0 Å². The van der Waals surface area contributed by atoms with Crippen LogP contribution in [0.2, 0.25) is 0 Å². The molecule has 0 bridgehead atoms. The van der Waals surface area contributed by atoms with Gasteiger partial charge in [0.05, 0.1) is 24.7 Å². The Morgan fingerprint density at radius 1 is 1.55 bits per heavy atom. The number of carbonyl (C=O) groups excluding carboxylic acids is 1.